The highest BCUT2D eigenvalue weighted by Crippen LogP contribution is 2.30. The van der Waals surface area contributed by atoms with Gasteiger partial charge < -0.3 is 10.6 Å². The van der Waals surface area contributed by atoms with Crippen molar-refractivity contribution in [1.82, 2.24) is 10.2 Å². The first-order valence-electron chi connectivity index (χ1n) is 6.54. The number of rotatable bonds is 7. The van der Waals surface area contributed by atoms with Crippen molar-refractivity contribution in [3.8, 4) is 0 Å². The zero-order valence-electron chi connectivity index (χ0n) is 11.7. The van der Waals surface area contributed by atoms with Gasteiger partial charge in [0.05, 0.1) is 21.5 Å². The van der Waals surface area contributed by atoms with E-state index in [4.69, 9.17) is 23.2 Å². The minimum Gasteiger partial charge on any atom is -0.360 e. The number of thioether (sulfide) groups is 1. The number of aromatic nitrogens is 2. The largest absolute Gasteiger partial charge is 0.360 e. The van der Waals surface area contributed by atoms with Crippen molar-refractivity contribution in [3.05, 3.63) is 28.2 Å². The molecule has 22 heavy (non-hydrogen) atoms. The van der Waals surface area contributed by atoms with Crippen LogP contribution in [0.25, 0.3) is 0 Å². The lowest BCUT2D eigenvalue weighted by Crippen LogP contribution is -2.14. The van der Waals surface area contributed by atoms with Crippen LogP contribution in [0.4, 0.5) is 10.8 Å². The minimum absolute atomic E-state index is 0.196. The van der Waals surface area contributed by atoms with E-state index in [0.29, 0.717) is 15.7 Å². The third-order valence-corrected chi connectivity index (χ3v) is 5.13. The number of nitrogens with one attached hydrogen (secondary N) is 2. The van der Waals surface area contributed by atoms with Gasteiger partial charge in [0.25, 0.3) is 0 Å². The molecule has 0 aliphatic heterocycles. The standard InChI is InChI=1S/C13H14Cl2N4OS2/c1-2-6-16-12-18-19-13(22-12)21-7-10(20)17-11-8(14)4-3-5-9(11)15/h3-5H,2,6-7H2,1H3,(H,16,18)(H,17,20). The fourth-order valence-corrected chi connectivity index (χ4v) is 3.56. The lowest BCUT2D eigenvalue weighted by atomic mass is 10.3. The number of benzene rings is 1. The van der Waals surface area contributed by atoms with Crippen molar-refractivity contribution in [2.75, 3.05) is 22.9 Å². The van der Waals surface area contributed by atoms with Gasteiger partial charge in [-0.25, -0.2) is 0 Å². The van der Waals surface area contributed by atoms with Crippen LogP contribution in [-0.2, 0) is 4.79 Å². The number of amides is 1. The maximum atomic E-state index is 12.0. The quantitative estimate of drug-likeness (QED) is 0.701. The maximum absolute atomic E-state index is 12.0. The molecule has 0 atom stereocenters. The molecule has 0 saturated carbocycles. The van der Waals surface area contributed by atoms with Crippen LogP contribution in [-0.4, -0.2) is 28.4 Å². The molecule has 0 unspecified atom stereocenters. The zero-order valence-corrected chi connectivity index (χ0v) is 14.9. The molecule has 0 aliphatic rings. The Morgan fingerprint density at radius 2 is 2.05 bits per heavy atom. The number of carbonyl (C=O) groups excluding carboxylic acids is 1. The van der Waals surface area contributed by atoms with Crippen LogP contribution < -0.4 is 10.6 Å². The Bertz CT molecular complexity index is 630. The Morgan fingerprint density at radius 1 is 1.32 bits per heavy atom. The third-order valence-electron chi connectivity index (χ3n) is 2.49. The van der Waals surface area contributed by atoms with Gasteiger partial charge in [-0.15, -0.1) is 10.2 Å². The van der Waals surface area contributed by atoms with Crippen LogP contribution in [0.1, 0.15) is 13.3 Å². The third kappa shape index (κ3) is 5.01. The normalized spacial score (nSPS) is 10.5. The highest BCUT2D eigenvalue weighted by molar-refractivity contribution is 8.01. The molecule has 0 spiro atoms. The smallest absolute Gasteiger partial charge is 0.234 e. The van der Waals surface area contributed by atoms with Crippen LogP contribution in [0, 0.1) is 0 Å². The van der Waals surface area contributed by atoms with Crippen LogP contribution in [0.5, 0.6) is 0 Å². The predicted octanol–water partition coefficient (Wildman–Crippen LogP) is 4.40. The molecule has 0 aliphatic carbocycles. The van der Waals surface area contributed by atoms with Crippen LogP contribution >= 0.6 is 46.3 Å². The molecular formula is C13H14Cl2N4OS2. The lowest BCUT2D eigenvalue weighted by Gasteiger charge is -2.08. The topological polar surface area (TPSA) is 66.9 Å². The van der Waals surface area contributed by atoms with E-state index in [2.05, 4.69) is 27.8 Å². The summed E-state index contributed by atoms with van der Waals surface area (Å²) >= 11 is 14.8. The van der Waals surface area contributed by atoms with E-state index in [1.807, 2.05) is 0 Å². The number of anilines is 2. The highest BCUT2D eigenvalue weighted by Gasteiger charge is 2.11. The van der Waals surface area contributed by atoms with E-state index in [1.165, 1.54) is 23.1 Å². The average molecular weight is 377 g/mol. The van der Waals surface area contributed by atoms with E-state index in [1.54, 1.807) is 18.2 Å². The van der Waals surface area contributed by atoms with Gasteiger partial charge in [0.1, 0.15) is 0 Å². The first-order chi connectivity index (χ1) is 10.6. The number of hydrogen-bond donors (Lipinski definition) is 2. The monoisotopic (exact) mass is 376 g/mol. The van der Waals surface area contributed by atoms with Crippen molar-refractivity contribution in [1.29, 1.82) is 0 Å². The Hall–Kier alpha value is -1.02. The fraction of sp³-hybridized carbons (Fsp3) is 0.308. The zero-order chi connectivity index (χ0) is 15.9. The molecule has 2 aromatic rings. The number of nitrogens with zero attached hydrogens (tertiary/aromatic N) is 2. The summed E-state index contributed by atoms with van der Waals surface area (Å²) < 4.78 is 0.735. The predicted molar refractivity (Wildman–Crippen MR) is 94.5 cm³/mol. The molecule has 1 aromatic carbocycles. The molecule has 0 fully saturated rings. The molecule has 0 radical (unpaired) electrons. The second-order valence-electron chi connectivity index (χ2n) is 4.23. The van der Waals surface area contributed by atoms with Crippen molar-refractivity contribution in [2.45, 2.75) is 17.7 Å². The van der Waals surface area contributed by atoms with Crippen molar-refractivity contribution in [3.63, 3.8) is 0 Å². The lowest BCUT2D eigenvalue weighted by molar-refractivity contribution is -0.113. The van der Waals surface area contributed by atoms with Crippen molar-refractivity contribution >= 4 is 63.0 Å². The van der Waals surface area contributed by atoms with Crippen LogP contribution in [0.3, 0.4) is 0 Å². The van der Waals surface area contributed by atoms with Gasteiger partial charge in [0, 0.05) is 6.54 Å². The molecule has 0 bridgehead atoms. The van der Waals surface area contributed by atoms with Crippen LogP contribution in [0.2, 0.25) is 10.0 Å². The minimum atomic E-state index is -0.196. The second-order valence-corrected chi connectivity index (χ2v) is 7.25. The van der Waals surface area contributed by atoms with Gasteiger partial charge in [0.2, 0.25) is 11.0 Å². The fourth-order valence-electron chi connectivity index (χ4n) is 1.49. The van der Waals surface area contributed by atoms with Gasteiger partial charge in [-0.05, 0) is 18.6 Å². The number of carbonyl (C=O) groups is 1. The Labute approximate surface area is 146 Å². The summed E-state index contributed by atoms with van der Waals surface area (Å²) in [5, 5.41) is 15.5. The second kappa shape index (κ2) is 8.57. The summed E-state index contributed by atoms with van der Waals surface area (Å²) in [7, 11) is 0. The highest BCUT2D eigenvalue weighted by atomic mass is 35.5. The summed E-state index contributed by atoms with van der Waals surface area (Å²) in [4.78, 5) is 12.0. The summed E-state index contributed by atoms with van der Waals surface area (Å²) in [5.74, 6) is 0.0162. The van der Waals surface area contributed by atoms with Gasteiger partial charge in [-0.1, -0.05) is 59.3 Å². The summed E-state index contributed by atoms with van der Waals surface area (Å²) in [6, 6.07) is 5.07. The average Bonchev–Trinajstić information content (AvgIpc) is 2.95. The molecule has 5 nitrogen and oxygen atoms in total. The van der Waals surface area contributed by atoms with Gasteiger partial charge >= 0.3 is 0 Å². The van der Waals surface area contributed by atoms with Crippen molar-refractivity contribution in [2.24, 2.45) is 0 Å². The summed E-state index contributed by atoms with van der Waals surface area (Å²) in [5.41, 5.74) is 0.430. The molecule has 2 N–H and O–H groups in total. The van der Waals surface area contributed by atoms with Gasteiger partial charge in [-0.3, -0.25) is 4.79 Å². The Balaban J connectivity index is 1.86. The van der Waals surface area contributed by atoms with Crippen molar-refractivity contribution < 1.29 is 4.79 Å². The molecular weight excluding hydrogens is 363 g/mol. The van der Waals surface area contributed by atoms with Crippen LogP contribution in [0.15, 0.2) is 22.5 Å². The van der Waals surface area contributed by atoms with E-state index >= 15 is 0 Å². The molecule has 1 heterocycles. The maximum Gasteiger partial charge on any atom is 0.234 e. The first kappa shape index (κ1) is 17.3. The SMILES string of the molecule is CCCNc1nnc(SCC(=O)Nc2c(Cl)cccc2Cl)s1. The molecule has 0 saturated heterocycles. The molecule has 1 amide bonds. The van der Waals surface area contributed by atoms with E-state index in [0.717, 1.165) is 22.4 Å². The molecule has 118 valence electrons. The summed E-state index contributed by atoms with van der Waals surface area (Å²) in [6.45, 7) is 2.93. The number of para-hydroxylation sites is 1. The molecule has 1 aromatic heterocycles. The molecule has 2 rings (SSSR count). The Morgan fingerprint density at radius 3 is 2.73 bits per heavy atom. The van der Waals surface area contributed by atoms with E-state index in [-0.39, 0.29) is 11.7 Å². The van der Waals surface area contributed by atoms with E-state index in [9.17, 15) is 4.79 Å². The number of hydrogen-bond acceptors (Lipinski definition) is 6. The molecule has 9 heteroatoms. The van der Waals surface area contributed by atoms with Gasteiger partial charge in [0.15, 0.2) is 4.34 Å². The first-order valence-corrected chi connectivity index (χ1v) is 9.10. The number of halogens is 2. The summed E-state index contributed by atoms with van der Waals surface area (Å²) in [6.07, 6.45) is 1.02. The Kier molecular flexibility index (Phi) is 6.75. The van der Waals surface area contributed by atoms with Gasteiger partial charge in [-0.2, -0.15) is 0 Å². The van der Waals surface area contributed by atoms with E-state index < -0.39 is 0 Å².